The first-order valence-electron chi connectivity index (χ1n) is 11.5. The summed E-state index contributed by atoms with van der Waals surface area (Å²) in [6.07, 6.45) is 2.70. The molecule has 1 spiro atoms. The Kier molecular flexibility index (Phi) is 6.54. The zero-order valence-electron chi connectivity index (χ0n) is 18.9. The third-order valence-electron chi connectivity index (χ3n) is 7.14. The maximum Gasteiger partial charge on any atom is 0.310 e. The second-order valence-corrected chi connectivity index (χ2v) is 10.6. The fourth-order valence-electron chi connectivity index (χ4n) is 5.80. The molecule has 2 amide bonds. The van der Waals surface area contributed by atoms with Gasteiger partial charge < -0.3 is 20.1 Å². The quantitative estimate of drug-likeness (QED) is 0.457. The number of benzene rings is 1. The summed E-state index contributed by atoms with van der Waals surface area (Å²) < 4.78 is 4.72. The lowest BCUT2D eigenvalue weighted by Gasteiger charge is -2.34. The maximum absolute atomic E-state index is 13.8. The summed E-state index contributed by atoms with van der Waals surface area (Å²) in [6, 6.07) is 5.21. The van der Waals surface area contributed by atoms with Crippen molar-refractivity contribution in [2.24, 2.45) is 11.8 Å². The Balaban J connectivity index is 1.69. The minimum absolute atomic E-state index is 0.0121. The molecule has 0 saturated carbocycles. The van der Waals surface area contributed by atoms with Crippen LogP contribution < -0.4 is 5.32 Å². The third kappa shape index (κ3) is 3.61. The Bertz CT molecular complexity index is 901. The molecule has 8 heteroatoms. The molecule has 2 N–H and O–H groups in total. The Morgan fingerprint density at radius 2 is 2.00 bits per heavy atom. The highest BCUT2D eigenvalue weighted by atomic mass is 32.2. The number of thioether (sulfide) groups is 1. The molecule has 2 bridgehead atoms. The van der Waals surface area contributed by atoms with Gasteiger partial charge in [0.25, 0.3) is 0 Å². The normalized spacial score (nSPS) is 30.5. The van der Waals surface area contributed by atoms with Gasteiger partial charge in [-0.05, 0) is 57.6 Å². The van der Waals surface area contributed by atoms with E-state index in [1.54, 1.807) is 23.6 Å². The van der Waals surface area contributed by atoms with E-state index in [1.165, 1.54) is 0 Å². The van der Waals surface area contributed by atoms with E-state index in [2.05, 4.69) is 5.32 Å². The fourth-order valence-corrected chi connectivity index (χ4v) is 8.00. The van der Waals surface area contributed by atoms with E-state index in [9.17, 15) is 19.5 Å². The Labute approximate surface area is 193 Å². The molecule has 0 radical (unpaired) electrons. The smallest absolute Gasteiger partial charge is 0.310 e. The molecule has 3 aliphatic heterocycles. The van der Waals surface area contributed by atoms with Crippen molar-refractivity contribution in [3.63, 3.8) is 0 Å². The standard InChI is InChI=1S/C24H32N2O5S/c1-4-31-23(30)17-16-10-11-24(32-16)18(17)22(29)26(12-5-6-13-27)20(24)21(28)25-19-14(2)8-7-9-15(19)3/h7-9,16-18,20,27H,4-6,10-13H2,1-3H3,(H,25,28)/t16-,17+,18-,20?,24?/m0/s1. The van der Waals surface area contributed by atoms with Crippen LogP contribution in [0.15, 0.2) is 18.2 Å². The van der Waals surface area contributed by atoms with Gasteiger partial charge in [-0.2, -0.15) is 0 Å². The number of rotatable bonds is 8. The van der Waals surface area contributed by atoms with E-state index < -0.39 is 22.6 Å². The van der Waals surface area contributed by atoms with Crippen molar-refractivity contribution in [1.82, 2.24) is 4.90 Å². The lowest BCUT2D eigenvalue weighted by molar-refractivity contribution is -0.153. The molecule has 3 aliphatic rings. The molecule has 3 saturated heterocycles. The van der Waals surface area contributed by atoms with Gasteiger partial charge in [0.1, 0.15) is 6.04 Å². The molecule has 0 aliphatic carbocycles. The van der Waals surface area contributed by atoms with Crippen molar-refractivity contribution < 1.29 is 24.2 Å². The second kappa shape index (κ2) is 9.06. The van der Waals surface area contributed by atoms with Crippen LogP contribution in [0.1, 0.15) is 43.7 Å². The number of fused-ring (bicyclic) bond motifs is 1. The number of unbranched alkanes of at least 4 members (excludes halogenated alkanes) is 1. The maximum atomic E-state index is 13.8. The van der Waals surface area contributed by atoms with Gasteiger partial charge in [0.15, 0.2) is 0 Å². The zero-order chi connectivity index (χ0) is 23.0. The number of amides is 2. The van der Waals surface area contributed by atoms with Gasteiger partial charge in [0, 0.05) is 24.1 Å². The molecule has 4 rings (SSSR count). The predicted octanol–water partition coefficient (Wildman–Crippen LogP) is 2.67. The number of hydrogen-bond acceptors (Lipinski definition) is 6. The summed E-state index contributed by atoms with van der Waals surface area (Å²) in [7, 11) is 0. The number of hydrogen-bond donors (Lipinski definition) is 2. The molecular formula is C24H32N2O5S. The number of nitrogens with zero attached hydrogens (tertiary/aromatic N) is 1. The van der Waals surface area contributed by atoms with Gasteiger partial charge >= 0.3 is 5.97 Å². The molecule has 1 aromatic rings. The van der Waals surface area contributed by atoms with Crippen molar-refractivity contribution in [3.8, 4) is 0 Å². The number of anilines is 1. The first-order chi connectivity index (χ1) is 15.4. The summed E-state index contributed by atoms with van der Waals surface area (Å²) in [4.78, 5) is 41.9. The number of carbonyl (C=O) groups excluding carboxylic acids is 3. The second-order valence-electron chi connectivity index (χ2n) is 9.03. The van der Waals surface area contributed by atoms with Crippen LogP contribution in [0.3, 0.4) is 0 Å². The minimum atomic E-state index is -0.646. The van der Waals surface area contributed by atoms with Crippen LogP contribution in [0.5, 0.6) is 0 Å². The highest BCUT2D eigenvalue weighted by Crippen LogP contribution is 2.66. The number of nitrogens with one attached hydrogen (secondary N) is 1. The number of aryl methyl sites for hydroxylation is 2. The van der Waals surface area contributed by atoms with Crippen LogP contribution in [0.25, 0.3) is 0 Å². The third-order valence-corrected chi connectivity index (χ3v) is 9.10. The van der Waals surface area contributed by atoms with Gasteiger partial charge in [-0.15, -0.1) is 11.8 Å². The number of ether oxygens (including phenoxy) is 1. The van der Waals surface area contributed by atoms with Crippen LogP contribution in [0, 0.1) is 25.7 Å². The molecule has 7 nitrogen and oxygen atoms in total. The Hall–Kier alpha value is -2.06. The molecular weight excluding hydrogens is 428 g/mol. The molecule has 3 fully saturated rings. The average Bonchev–Trinajstić information content (AvgIpc) is 3.39. The first kappa shape index (κ1) is 23.1. The van der Waals surface area contributed by atoms with Crippen molar-refractivity contribution in [2.75, 3.05) is 25.1 Å². The van der Waals surface area contributed by atoms with E-state index >= 15 is 0 Å². The van der Waals surface area contributed by atoms with E-state index in [-0.39, 0.29) is 36.2 Å². The molecule has 174 valence electrons. The Morgan fingerprint density at radius 3 is 2.66 bits per heavy atom. The van der Waals surface area contributed by atoms with Crippen molar-refractivity contribution in [3.05, 3.63) is 29.3 Å². The van der Waals surface area contributed by atoms with Crippen LogP contribution in [-0.2, 0) is 19.1 Å². The lowest BCUT2D eigenvalue weighted by atomic mass is 9.71. The zero-order valence-corrected chi connectivity index (χ0v) is 19.7. The summed E-state index contributed by atoms with van der Waals surface area (Å²) in [5.74, 6) is -1.68. The largest absolute Gasteiger partial charge is 0.466 e. The number of aliphatic hydroxyl groups is 1. The SMILES string of the molecule is CCOC(=O)[C@@H]1[C@@H]2CCC3(S2)C(C(=O)Nc2c(C)cccc2C)N(CCCCO)C(=O)[C@H]13. The Morgan fingerprint density at radius 1 is 1.28 bits per heavy atom. The molecule has 32 heavy (non-hydrogen) atoms. The van der Waals surface area contributed by atoms with Gasteiger partial charge in [-0.3, -0.25) is 14.4 Å². The molecule has 3 heterocycles. The molecule has 2 unspecified atom stereocenters. The predicted molar refractivity (Wildman–Crippen MR) is 123 cm³/mol. The van der Waals surface area contributed by atoms with Gasteiger partial charge in [0.2, 0.25) is 11.8 Å². The van der Waals surface area contributed by atoms with Crippen LogP contribution in [0.2, 0.25) is 0 Å². The molecule has 5 atom stereocenters. The van der Waals surface area contributed by atoms with Crippen molar-refractivity contribution >= 4 is 35.2 Å². The minimum Gasteiger partial charge on any atom is -0.466 e. The van der Waals surface area contributed by atoms with E-state index in [0.29, 0.717) is 19.4 Å². The summed E-state index contributed by atoms with van der Waals surface area (Å²) >= 11 is 1.64. The average molecular weight is 461 g/mol. The van der Waals surface area contributed by atoms with Gasteiger partial charge in [0.05, 0.1) is 23.2 Å². The van der Waals surface area contributed by atoms with Gasteiger partial charge in [-0.25, -0.2) is 0 Å². The van der Waals surface area contributed by atoms with Crippen LogP contribution in [-0.4, -0.2) is 63.6 Å². The number of para-hydroxylation sites is 1. The fraction of sp³-hybridized carbons (Fsp3) is 0.625. The first-order valence-corrected chi connectivity index (χ1v) is 12.4. The van der Waals surface area contributed by atoms with E-state index in [0.717, 1.165) is 29.7 Å². The van der Waals surface area contributed by atoms with Gasteiger partial charge in [-0.1, -0.05) is 18.2 Å². The topological polar surface area (TPSA) is 95.9 Å². The molecule has 1 aromatic carbocycles. The lowest BCUT2D eigenvalue weighted by Crippen LogP contribution is -2.51. The van der Waals surface area contributed by atoms with Crippen LogP contribution in [0.4, 0.5) is 5.69 Å². The number of aliphatic hydroxyl groups excluding tert-OH is 1. The highest BCUT2D eigenvalue weighted by molar-refractivity contribution is 8.02. The van der Waals surface area contributed by atoms with Crippen LogP contribution >= 0.6 is 11.8 Å². The van der Waals surface area contributed by atoms with E-state index in [1.807, 2.05) is 32.0 Å². The highest BCUT2D eigenvalue weighted by Gasteiger charge is 2.73. The van der Waals surface area contributed by atoms with Crippen molar-refractivity contribution in [1.29, 1.82) is 0 Å². The summed E-state index contributed by atoms with van der Waals surface area (Å²) in [5.41, 5.74) is 2.72. The van der Waals surface area contributed by atoms with Crippen molar-refractivity contribution in [2.45, 2.75) is 62.5 Å². The summed E-state index contributed by atoms with van der Waals surface area (Å²) in [6.45, 7) is 6.38. The monoisotopic (exact) mass is 460 g/mol. The summed E-state index contributed by atoms with van der Waals surface area (Å²) in [5, 5.41) is 12.3. The number of esters is 1. The number of likely N-dealkylation sites (tertiary alicyclic amines) is 1. The molecule has 0 aromatic heterocycles. The number of carbonyl (C=O) groups is 3. The van der Waals surface area contributed by atoms with E-state index in [4.69, 9.17) is 4.74 Å².